The van der Waals surface area contributed by atoms with Gasteiger partial charge in [0.2, 0.25) is 0 Å². The van der Waals surface area contributed by atoms with Crippen LogP contribution in [0.1, 0.15) is 11.1 Å². The molecule has 70 valence electrons. The second-order valence-corrected chi connectivity index (χ2v) is 3.16. The number of Topliss-reactive ketones (excluding diaryl/α,β-unsaturated/α-hetero) is 1. The molecule has 0 aliphatic rings. The Kier molecular flexibility index (Phi) is 3.43. The first kappa shape index (κ1) is 10.2. The summed E-state index contributed by atoms with van der Waals surface area (Å²) in [6.45, 7) is 1.67. The molecule has 0 N–H and O–H groups in total. The SMILES string of the molecule is Cc1cccc(CC(=O)CCl)c1F. The van der Waals surface area contributed by atoms with Crippen LogP contribution < -0.4 is 0 Å². The van der Waals surface area contributed by atoms with E-state index in [1.165, 1.54) is 0 Å². The summed E-state index contributed by atoms with van der Waals surface area (Å²) >= 11 is 5.32. The minimum atomic E-state index is -0.305. The summed E-state index contributed by atoms with van der Waals surface area (Å²) in [6.07, 6.45) is 0.0804. The van der Waals surface area contributed by atoms with Crippen LogP contribution >= 0.6 is 11.6 Å². The fraction of sp³-hybridized carbons (Fsp3) is 0.300. The number of benzene rings is 1. The van der Waals surface area contributed by atoms with Crippen LogP contribution in [0, 0.1) is 12.7 Å². The molecule has 0 saturated heterocycles. The normalized spacial score (nSPS) is 10.1. The molecule has 3 heteroatoms. The zero-order valence-corrected chi connectivity index (χ0v) is 8.07. The average molecular weight is 201 g/mol. The van der Waals surface area contributed by atoms with Gasteiger partial charge in [-0.3, -0.25) is 4.79 Å². The summed E-state index contributed by atoms with van der Waals surface area (Å²) in [6, 6.07) is 5.01. The molecule has 0 spiro atoms. The summed E-state index contributed by atoms with van der Waals surface area (Å²) in [5.74, 6) is -0.528. The number of hydrogen-bond acceptors (Lipinski definition) is 1. The molecule has 0 amide bonds. The zero-order valence-electron chi connectivity index (χ0n) is 7.31. The number of aryl methyl sites for hydroxylation is 1. The van der Waals surface area contributed by atoms with Gasteiger partial charge < -0.3 is 0 Å². The molecule has 13 heavy (non-hydrogen) atoms. The van der Waals surface area contributed by atoms with Crippen LogP contribution in [-0.2, 0) is 11.2 Å². The van der Waals surface area contributed by atoms with Crippen LogP contribution in [0.2, 0.25) is 0 Å². The molecule has 0 aliphatic heterocycles. The number of halogens is 2. The van der Waals surface area contributed by atoms with Gasteiger partial charge in [0.05, 0.1) is 5.88 Å². The summed E-state index contributed by atoms with van der Waals surface area (Å²) < 4.78 is 13.3. The molecule has 0 aromatic heterocycles. The molecule has 0 saturated carbocycles. The zero-order chi connectivity index (χ0) is 9.84. The van der Waals surface area contributed by atoms with Crippen LogP contribution in [0.15, 0.2) is 18.2 Å². The van der Waals surface area contributed by atoms with E-state index in [1.54, 1.807) is 25.1 Å². The van der Waals surface area contributed by atoms with Crippen LogP contribution in [0.3, 0.4) is 0 Å². The van der Waals surface area contributed by atoms with E-state index in [4.69, 9.17) is 11.6 Å². The Morgan fingerprint density at radius 2 is 2.23 bits per heavy atom. The summed E-state index contributed by atoms with van der Waals surface area (Å²) in [5.41, 5.74) is 0.977. The highest BCUT2D eigenvalue weighted by molar-refractivity contribution is 6.27. The number of carbonyl (C=O) groups excluding carboxylic acids is 1. The minimum absolute atomic E-state index is 0.0621. The molecule has 0 heterocycles. The molecule has 0 aliphatic carbocycles. The van der Waals surface area contributed by atoms with Crippen molar-refractivity contribution in [3.63, 3.8) is 0 Å². The molecule has 0 atom stereocenters. The fourth-order valence-electron chi connectivity index (χ4n) is 1.10. The van der Waals surface area contributed by atoms with E-state index in [2.05, 4.69) is 0 Å². The van der Waals surface area contributed by atoms with Gasteiger partial charge in [0, 0.05) is 6.42 Å². The van der Waals surface area contributed by atoms with Gasteiger partial charge in [-0.2, -0.15) is 0 Å². The van der Waals surface area contributed by atoms with E-state index in [9.17, 15) is 9.18 Å². The monoisotopic (exact) mass is 200 g/mol. The average Bonchev–Trinajstić information content (AvgIpc) is 2.13. The number of rotatable bonds is 3. The van der Waals surface area contributed by atoms with Gasteiger partial charge in [-0.1, -0.05) is 18.2 Å². The van der Waals surface area contributed by atoms with Crippen molar-refractivity contribution in [3.8, 4) is 0 Å². The van der Waals surface area contributed by atoms with Crippen molar-refractivity contribution >= 4 is 17.4 Å². The number of alkyl halides is 1. The van der Waals surface area contributed by atoms with Gasteiger partial charge in [0.1, 0.15) is 5.82 Å². The van der Waals surface area contributed by atoms with Crippen LogP contribution in [0.25, 0.3) is 0 Å². The third-order valence-corrected chi connectivity index (χ3v) is 2.11. The highest BCUT2D eigenvalue weighted by Crippen LogP contribution is 2.12. The molecular formula is C10H10ClFO. The Morgan fingerprint density at radius 3 is 2.85 bits per heavy atom. The van der Waals surface area contributed by atoms with Crippen molar-refractivity contribution in [3.05, 3.63) is 35.1 Å². The van der Waals surface area contributed by atoms with Gasteiger partial charge in [-0.15, -0.1) is 11.6 Å². The van der Waals surface area contributed by atoms with Crippen molar-refractivity contribution < 1.29 is 9.18 Å². The molecule has 1 aromatic carbocycles. The number of hydrogen-bond donors (Lipinski definition) is 0. The molecule has 0 unspecified atom stereocenters. The third kappa shape index (κ3) is 2.52. The fourth-order valence-corrected chi connectivity index (χ4v) is 1.20. The van der Waals surface area contributed by atoms with Gasteiger partial charge in [0.15, 0.2) is 5.78 Å². The topological polar surface area (TPSA) is 17.1 Å². The third-order valence-electron chi connectivity index (χ3n) is 1.81. The van der Waals surface area contributed by atoms with Crippen LogP contribution in [0.5, 0.6) is 0 Å². The van der Waals surface area contributed by atoms with Gasteiger partial charge in [-0.05, 0) is 18.1 Å². The van der Waals surface area contributed by atoms with Gasteiger partial charge in [0.25, 0.3) is 0 Å². The Hall–Kier alpha value is -0.890. The Morgan fingerprint density at radius 1 is 1.54 bits per heavy atom. The molecule has 1 aromatic rings. The summed E-state index contributed by atoms with van der Waals surface area (Å²) in [4.78, 5) is 10.9. The molecule has 1 nitrogen and oxygen atoms in total. The van der Waals surface area contributed by atoms with Crippen molar-refractivity contribution in [2.24, 2.45) is 0 Å². The highest BCUT2D eigenvalue weighted by Gasteiger charge is 2.08. The number of carbonyl (C=O) groups is 1. The van der Waals surface area contributed by atoms with E-state index in [-0.39, 0.29) is 23.9 Å². The standard InChI is InChI=1S/C10H10ClFO/c1-7-3-2-4-8(10(7)12)5-9(13)6-11/h2-4H,5-6H2,1H3. The van der Waals surface area contributed by atoms with Crippen molar-refractivity contribution in [1.82, 2.24) is 0 Å². The van der Waals surface area contributed by atoms with Crippen molar-refractivity contribution in [2.75, 3.05) is 5.88 Å². The highest BCUT2D eigenvalue weighted by atomic mass is 35.5. The Labute approximate surface area is 81.5 Å². The maximum atomic E-state index is 13.3. The second kappa shape index (κ2) is 4.38. The Balaban J connectivity index is 2.89. The molecule has 0 bridgehead atoms. The van der Waals surface area contributed by atoms with E-state index in [1.807, 2.05) is 0 Å². The lowest BCUT2D eigenvalue weighted by Crippen LogP contribution is -2.06. The van der Waals surface area contributed by atoms with E-state index in [0.717, 1.165) is 0 Å². The number of ketones is 1. The lowest BCUT2D eigenvalue weighted by atomic mass is 10.1. The van der Waals surface area contributed by atoms with Crippen LogP contribution in [0.4, 0.5) is 4.39 Å². The lowest BCUT2D eigenvalue weighted by Gasteiger charge is -2.02. The maximum Gasteiger partial charge on any atom is 0.152 e. The lowest BCUT2D eigenvalue weighted by molar-refractivity contribution is -0.116. The van der Waals surface area contributed by atoms with E-state index >= 15 is 0 Å². The summed E-state index contributed by atoms with van der Waals surface area (Å²) in [5, 5.41) is 0. The smallest absolute Gasteiger partial charge is 0.152 e. The van der Waals surface area contributed by atoms with Crippen LogP contribution in [-0.4, -0.2) is 11.7 Å². The van der Waals surface area contributed by atoms with Gasteiger partial charge >= 0.3 is 0 Å². The second-order valence-electron chi connectivity index (χ2n) is 2.90. The Bertz CT molecular complexity index is 323. The first-order valence-electron chi connectivity index (χ1n) is 3.97. The van der Waals surface area contributed by atoms with E-state index in [0.29, 0.717) is 11.1 Å². The molecule has 0 fully saturated rings. The predicted octanol–water partition coefficient (Wildman–Crippen LogP) is 2.48. The molecular weight excluding hydrogens is 191 g/mol. The first-order chi connectivity index (χ1) is 6.15. The quantitative estimate of drug-likeness (QED) is 0.686. The predicted molar refractivity (Wildman–Crippen MR) is 50.6 cm³/mol. The minimum Gasteiger partial charge on any atom is -0.298 e. The van der Waals surface area contributed by atoms with Gasteiger partial charge in [-0.25, -0.2) is 4.39 Å². The maximum absolute atomic E-state index is 13.3. The van der Waals surface area contributed by atoms with E-state index < -0.39 is 0 Å². The molecule has 0 radical (unpaired) electrons. The summed E-state index contributed by atoms with van der Waals surface area (Å²) in [7, 11) is 0. The van der Waals surface area contributed by atoms with Crippen molar-refractivity contribution in [1.29, 1.82) is 0 Å². The molecule has 1 rings (SSSR count). The van der Waals surface area contributed by atoms with Crippen molar-refractivity contribution in [2.45, 2.75) is 13.3 Å². The largest absolute Gasteiger partial charge is 0.298 e. The first-order valence-corrected chi connectivity index (χ1v) is 4.50.